The predicted octanol–water partition coefficient (Wildman–Crippen LogP) is 4.14. The number of pyridine rings is 1. The average Bonchev–Trinajstić information content (AvgIpc) is 3.62. The van der Waals surface area contributed by atoms with Crippen molar-refractivity contribution in [3.8, 4) is 11.1 Å². The predicted molar refractivity (Wildman–Crippen MR) is 170 cm³/mol. The summed E-state index contributed by atoms with van der Waals surface area (Å²) < 4.78 is 24.4. The number of hydrogen-bond acceptors (Lipinski definition) is 7. The van der Waals surface area contributed by atoms with Crippen LogP contribution in [-0.2, 0) is 42.6 Å². The van der Waals surface area contributed by atoms with E-state index in [0.717, 1.165) is 31.4 Å². The van der Waals surface area contributed by atoms with E-state index in [9.17, 15) is 19.2 Å². The number of H-pyrrole nitrogens is 1. The van der Waals surface area contributed by atoms with Crippen LogP contribution in [0.1, 0.15) is 58.7 Å². The van der Waals surface area contributed by atoms with E-state index >= 15 is 4.39 Å². The van der Waals surface area contributed by atoms with Crippen molar-refractivity contribution in [3.05, 3.63) is 80.9 Å². The molecule has 0 bridgehead atoms. The molecule has 0 saturated carbocycles. The number of halogens is 1. The fourth-order valence-corrected chi connectivity index (χ4v) is 6.84. The number of benzene rings is 1. The summed E-state index contributed by atoms with van der Waals surface area (Å²) in [5.41, 5.74) is 5.01. The second kappa shape index (κ2) is 11.8. The van der Waals surface area contributed by atoms with Crippen molar-refractivity contribution in [2.45, 2.75) is 51.7 Å². The number of ether oxygens (including phenoxy) is 1. The molecule has 244 valence electrons. The third-order valence-electron chi connectivity index (χ3n) is 9.27. The Bertz CT molecular complexity index is 1990. The van der Waals surface area contributed by atoms with Gasteiger partial charge in [0.05, 0.1) is 5.69 Å². The van der Waals surface area contributed by atoms with Gasteiger partial charge < -0.3 is 34.1 Å². The van der Waals surface area contributed by atoms with E-state index in [1.165, 1.54) is 39.8 Å². The van der Waals surface area contributed by atoms with Crippen LogP contribution in [-0.4, -0.2) is 66.9 Å². The number of fused-ring (bicyclic) bond motifs is 3. The molecule has 13 nitrogen and oxygen atoms in total. The number of amides is 2. The number of nitrogens with one attached hydrogen (secondary N) is 2. The average molecular weight is 644 g/mol. The van der Waals surface area contributed by atoms with Crippen molar-refractivity contribution in [2.75, 3.05) is 29.9 Å². The topological polar surface area (TPSA) is 155 Å². The molecule has 7 rings (SSSR count). The largest absolute Gasteiger partial charge is 0.465 e. The van der Waals surface area contributed by atoms with E-state index in [0.29, 0.717) is 60.1 Å². The van der Waals surface area contributed by atoms with Gasteiger partial charge in [-0.1, -0.05) is 0 Å². The van der Waals surface area contributed by atoms with Crippen molar-refractivity contribution in [3.63, 3.8) is 0 Å². The van der Waals surface area contributed by atoms with E-state index in [1.54, 1.807) is 30.3 Å². The molecule has 2 aliphatic heterocycles. The summed E-state index contributed by atoms with van der Waals surface area (Å²) in [5, 5.41) is 19.3. The lowest BCUT2D eigenvalue weighted by molar-refractivity contribution is -0.142. The summed E-state index contributed by atoms with van der Waals surface area (Å²) in [7, 11) is 1.57. The molecule has 0 radical (unpaired) electrons. The van der Waals surface area contributed by atoms with Crippen molar-refractivity contribution < 1.29 is 28.6 Å². The van der Waals surface area contributed by atoms with Gasteiger partial charge in [-0.25, -0.2) is 9.18 Å². The highest BCUT2D eigenvalue weighted by Gasteiger charge is 2.34. The molecule has 14 heteroatoms. The van der Waals surface area contributed by atoms with Crippen LogP contribution >= 0.6 is 0 Å². The molecule has 0 spiro atoms. The van der Waals surface area contributed by atoms with Gasteiger partial charge in [-0.05, 0) is 61.1 Å². The normalized spacial score (nSPS) is 16.0. The summed E-state index contributed by atoms with van der Waals surface area (Å²) in [6.45, 7) is 2.62. The summed E-state index contributed by atoms with van der Waals surface area (Å²) in [6.07, 6.45) is 4.60. The Morgan fingerprint density at radius 1 is 1.11 bits per heavy atom. The van der Waals surface area contributed by atoms with Crippen molar-refractivity contribution in [1.29, 1.82) is 0 Å². The van der Waals surface area contributed by atoms with E-state index in [2.05, 4.69) is 20.1 Å². The third-order valence-corrected chi connectivity index (χ3v) is 9.27. The minimum Gasteiger partial charge on any atom is -0.465 e. The van der Waals surface area contributed by atoms with Gasteiger partial charge in [0.1, 0.15) is 23.8 Å². The molecule has 0 atom stereocenters. The molecule has 4 aromatic rings. The zero-order chi connectivity index (χ0) is 33.0. The molecular weight excluding hydrogens is 609 g/mol. The van der Waals surface area contributed by atoms with Crippen molar-refractivity contribution in [2.24, 2.45) is 7.05 Å². The number of carbonyl (C=O) groups is 3. The Labute approximate surface area is 268 Å². The smallest absolute Gasteiger partial charge is 0.407 e. The number of carbonyl (C=O) groups excluding carboxylic acids is 2. The highest BCUT2D eigenvalue weighted by molar-refractivity contribution is 6.07. The number of aryl methyl sites for hydroxylation is 2. The molecule has 5 heterocycles. The molecule has 1 aliphatic carbocycles. The Hall–Kier alpha value is -5.40. The number of rotatable bonds is 7. The van der Waals surface area contributed by atoms with Gasteiger partial charge >= 0.3 is 12.1 Å². The van der Waals surface area contributed by atoms with E-state index in [-0.39, 0.29) is 29.7 Å². The molecule has 3 N–H and O–H groups in total. The lowest BCUT2D eigenvalue weighted by atomic mass is 9.97. The number of carboxylic acid groups (broad SMARTS) is 1. The molecule has 2 amide bonds. The highest BCUT2D eigenvalue weighted by atomic mass is 19.1. The Balaban J connectivity index is 1.25. The second-order valence-corrected chi connectivity index (χ2v) is 12.3. The van der Waals surface area contributed by atoms with E-state index < -0.39 is 17.9 Å². The first-order valence-electron chi connectivity index (χ1n) is 15.6. The maximum absolute atomic E-state index is 15.5. The SMILES string of the molecule is CC(=O)OCc1c(-c2cc(Nc3cc(C4CN(C(=O)O)C4)[nH]n3)c(=O)n(C)c2)cc(F)cc1N1CCn2c(cc3c2CCCC3)C1=O. The number of esters is 1. The first-order chi connectivity index (χ1) is 22.6. The monoisotopic (exact) mass is 643 g/mol. The van der Waals surface area contributed by atoms with Gasteiger partial charge in [0.15, 0.2) is 5.82 Å². The second-order valence-electron chi connectivity index (χ2n) is 12.3. The summed E-state index contributed by atoms with van der Waals surface area (Å²) in [4.78, 5) is 53.1. The molecule has 3 aromatic heterocycles. The minimum atomic E-state index is -0.981. The molecule has 1 fully saturated rings. The number of hydrogen-bond donors (Lipinski definition) is 3. The first kappa shape index (κ1) is 30.3. The standard InChI is InChI=1S/C33H34FN7O6/c1-18(42)47-17-24-23(11-22(34)12-28(24)41-8-7-40-27-6-4-3-5-19(27)10-29(40)32(41)44)20-9-26(31(43)38(2)14-20)35-30-13-25(36-37-30)21-15-39(16-21)33(45)46/h9-14,21H,3-8,15-17H2,1-2H3,(H,45,46)(H2,35,36,37). The molecule has 47 heavy (non-hydrogen) atoms. The quantitative estimate of drug-likeness (QED) is 0.254. The fraction of sp³-hybridized carbons (Fsp3) is 0.364. The Morgan fingerprint density at radius 2 is 1.89 bits per heavy atom. The van der Waals surface area contributed by atoms with Crippen molar-refractivity contribution >= 4 is 35.2 Å². The van der Waals surface area contributed by atoms with E-state index in [4.69, 9.17) is 9.84 Å². The van der Waals surface area contributed by atoms with Gasteiger partial charge in [0.2, 0.25) is 0 Å². The van der Waals surface area contributed by atoms with Crippen molar-refractivity contribution in [1.82, 2.24) is 24.2 Å². The molecule has 0 unspecified atom stereocenters. The van der Waals surface area contributed by atoms with Crippen LogP contribution in [0.15, 0.2) is 41.3 Å². The summed E-state index contributed by atoms with van der Waals surface area (Å²) in [6, 6.07) is 7.83. The number of anilines is 3. The third kappa shape index (κ3) is 5.53. The van der Waals surface area contributed by atoms with Gasteiger partial charge in [0.25, 0.3) is 11.5 Å². The Morgan fingerprint density at radius 3 is 2.66 bits per heavy atom. The maximum Gasteiger partial charge on any atom is 0.407 e. The molecular formula is C33H34FN7O6. The van der Waals surface area contributed by atoms with E-state index in [1.807, 2.05) is 6.07 Å². The van der Waals surface area contributed by atoms with Crippen LogP contribution < -0.4 is 15.8 Å². The van der Waals surface area contributed by atoms with Crippen LogP contribution in [0.2, 0.25) is 0 Å². The lowest BCUT2D eigenvalue weighted by Gasteiger charge is -2.36. The van der Waals surface area contributed by atoms with Crippen LogP contribution in [0.5, 0.6) is 0 Å². The molecule has 3 aliphatic rings. The summed E-state index contributed by atoms with van der Waals surface area (Å²) in [5.74, 6) is -1.06. The zero-order valence-electron chi connectivity index (χ0n) is 26.0. The number of likely N-dealkylation sites (tertiary alicyclic amines) is 1. The van der Waals surface area contributed by atoms with Crippen LogP contribution in [0.25, 0.3) is 11.1 Å². The molecule has 1 saturated heterocycles. The molecule has 1 aromatic carbocycles. The fourth-order valence-electron chi connectivity index (χ4n) is 6.84. The maximum atomic E-state index is 15.5. The van der Waals surface area contributed by atoms with Crippen LogP contribution in [0.3, 0.4) is 0 Å². The highest BCUT2D eigenvalue weighted by Crippen LogP contribution is 2.37. The Kier molecular flexibility index (Phi) is 7.57. The van der Waals surface area contributed by atoms with Crippen LogP contribution in [0, 0.1) is 5.82 Å². The number of aromatic nitrogens is 4. The van der Waals surface area contributed by atoms with Gasteiger partial charge in [-0.2, -0.15) is 5.10 Å². The van der Waals surface area contributed by atoms with Crippen LogP contribution in [0.4, 0.5) is 26.4 Å². The summed E-state index contributed by atoms with van der Waals surface area (Å²) >= 11 is 0. The zero-order valence-corrected chi connectivity index (χ0v) is 26.0. The lowest BCUT2D eigenvalue weighted by Crippen LogP contribution is -2.47. The van der Waals surface area contributed by atoms with Gasteiger partial charge in [-0.15, -0.1) is 0 Å². The van der Waals surface area contributed by atoms with Gasteiger partial charge in [0, 0.05) is 80.8 Å². The van der Waals surface area contributed by atoms with Gasteiger partial charge in [-0.3, -0.25) is 19.5 Å². The minimum absolute atomic E-state index is 0.0383. The first-order valence-corrected chi connectivity index (χ1v) is 15.6. The number of aromatic amines is 1. The number of nitrogens with zero attached hydrogens (tertiary/aromatic N) is 5.